The van der Waals surface area contributed by atoms with Crippen molar-refractivity contribution in [2.75, 3.05) is 11.4 Å². The van der Waals surface area contributed by atoms with Crippen LogP contribution in [-0.2, 0) is 22.0 Å². The van der Waals surface area contributed by atoms with E-state index < -0.39 is 27.8 Å². The van der Waals surface area contributed by atoms with Gasteiger partial charge in [0.25, 0.3) is 5.91 Å². The third kappa shape index (κ3) is 5.59. The molecule has 1 saturated heterocycles. The molecule has 1 unspecified atom stereocenters. The highest BCUT2D eigenvalue weighted by molar-refractivity contribution is 7.73. The maximum Gasteiger partial charge on any atom is 0.255 e. The van der Waals surface area contributed by atoms with Crippen LogP contribution in [0, 0.1) is 11.7 Å². The number of nitrogens with zero attached hydrogens (tertiary/aromatic N) is 2. The van der Waals surface area contributed by atoms with Gasteiger partial charge in [0.15, 0.2) is 10.7 Å². The lowest BCUT2D eigenvalue weighted by Crippen LogP contribution is -2.39. The third-order valence-corrected chi connectivity index (χ3v) is 9.99. The largest absolute Gasteiger partial charge is 0.373 e. The molecule has 1 N–H and O–H groups in total. The van der Waals surface area contributed by atoms with E-state index in [1.165, 1.54) is 12.1 Å². The minimum atomic E-state index is -2.85. The Balaban J connectivity index is 1.13. The lowest BCUT2D eigenvalue weighted by atomic mass is 10.0. The van der Waals surface area contributed by atoms with Crippen molar-refractivity contribution in [2.45, 2.75) is 69.1 Å². The number of ether oxygens (including phenoxy) is 1. The van der Waals surface area contributed by atoms with E-state index in [1.54, 1.807) is 31.2 Å². The standard InChI is InChI=1S/C29H30Cl2FN3O5S/c1-2-25(41(37)38)33-29(36)19-9-8-17(11-23(19)32)35-13-16-10-18(35)12-24(16)39-14-20-27(34-40-28(20)15-6-7-15)26-21(30)4-3-5-22(26)31/h3-5,8-9,11,15-16,18,24-25,41H,2,6-7,10,12-14H2,1H3,(H,33,36)/t16-,18-,24+,25?/m0/s1. The first-order chi connectivity index (χ1) is 19.7. The van der Waals surface area contributed by atoms with E-state index in [0.29, 0.717) is 46.1 Å². The molecule has 3 aromatic rings. The van der Waals surface area contributed by atoms with Crippen molar-refractivity contribution in [3.63, 3.8) is 0 Å². The average molecular weight is 623 g/mol. The number of fused-ring (bicyclic) bond motifs is 2. The van der Waals surface area contributed by atoms with Gasteiger partial charge in [0, 0.05) is 41.2 Å². The number of aromatic nitrogens is 1. The Morgan fingerprint density at radius 1 is 1.22 bits per heavy atom. The van der Waals surface area contributed by atoms with Crippen molar-refractivity contribution in [1.82, 2.24) is 10.5 Å². The van der Waals surface area contributed by atoms with Crippen molar-refractivity contribution in [3.05, 3.63) is 69.1 Å². The zero-order chi connectivity index (χ0) is 28.8. The molecule has 3 fully saturated rings. The van der Waals surface area contributed by atoms with Gasteiger partial charge in [-0.2, -0.15) is 0 Å². The summed E-state index contributed by atoms with van der Waals surface area (Å²) in [6, 6.07) is 10.0. The molecule has 41 heavy (non-hydrogen) atoms. The van der Waals surface area contributed by atoms with Gasteiger partial charge in [-0.05, 0) is 62.4 Å². The van der Waals surface area contributed by atoms with Gasteiger partial charge in [-0.3, -0.25) is 4.79 Å². The van der Waals surface area contributed by atoms with E-state index >= 15 is 0 Å². The van der Waals surface area contributed by atoms with Crippen LogP contribution in [0.5, 0.6) is 0 Å². The molecule has 1 amide bonds. The van der Waals surface area contributed by atoms with Gasteiger partial charge in [0.1, 0.15) is 22.6 Å². The molecule has 4 atom stereocenters. The molecule has 2 heterocycles. The minimum Gasteiger partial charge on any atom is -0.373 e. The number of anilines is 1. The monoisotopic (exact) mass is 621 g/mol. The number of hydrogen-bond acceptors (Lipinski definition) is 7. The third-order valence-electron chi connectivity index (χ3n) is 8.35. The number of carbonyl (C=O) groups is 1. The van der Waals surface area contributed by atoms with Gasteiger partial charge in [0.2, 0.25) is 0 Å². The second kappa shape index (κ2) is 11.6. The average Bonchev–Trinajstić information content (AvgIpc) is 3.39. The van der Waals surface area contributed by atoms with Crippen LogP contribution in [-0.4, -0.2) is 43.5 Å². The van der Waals surface area contributed by atoms with Crippen LogP contribution < -0.4 is 10.2 Å². The summed E-state index contributed by atoms with van der Waals surface area (Å²) in [4.78, 5) is 14.6. The molecule has 6 rings (SSSR count). The van der Waals surface area contributed by atoms with E-state index in [0.717, 1.165) is 37.0 Å². The Morgan fingerprint density at radius 2 is 1.98 bits per heavy atom. The minimum absolute atomic E-state index is 0.0303. The Bertz CT molecular complexity index is 1530. The summed E-state index contributed by atoms with van der Waals surface area (Å²) in [6.07, 6.45) is 4.05. The quantitative estimate of drug-likeness (QED) is 0.271. The Kier molecular flexibility index (Phi) is 8.02. The van der Waals surface area contributed by atoms with Crippen molar-refractivity contribution < 1.29 is 26.9 Å². The summed E-state index contributed by atoms with van der Waals surface area (Å²) in [7, 11) is -2.85. The number of hydrogen-bond donors (Lipinski definition) is 2. The van der Waals surface area contributed by atoms with Crippen LogP contribution in [0.1, 0.15) is 66.6 Å². The number of amides is 1. The molecule has 2 aliphatic carbocycles. The fourth-order valence-corrected chi connectivity index (χ4v) is 7.16. The SMILES string of the molecule is CCC(NC(=O)c1ccc(N2C[C@@H]3C[C@H]2C[C@H]3OCc2c(-c3c(Cl)cccc3Cl)noc2C2CC2)cc1F)[SH](=O)=O. The van der Waals surface area contributed by atoms with Crippen LogP contribution in [0.4, 0.5) is 10.1 Å². The zero-order valence-electron chi connectivity index (χ0n) is 22.3. The molecule has 0 spiro atoms. The maximum atomic E-state index is 15.0. The molecule has 2 aromatic carbocycles. The van der Waals surface area contributed by atoms with Gasteiger partial charge >= 0.3 is 0 Å². The normalized spacial score (nSPS) is 22.5. The summed E-state index contributed by atoms with van der Waals surface area (Å²) in [5.74, 6) is 0.0159. The first kappa shape index (κ1) is 28.5. The predicted molar refractivity (Wildman–Crippen MR) is 155 cm³/mol. The summed E-state index contributed by atoms with van der Waals surface area (Å²) in [6.45, 7) is 2.68. The van der Waals surface area contributed by atoms with E-state index in [2.05, 4.69) is 15.4 Å². The number of rotatable bonds is 10. The van der Waals surface area contributed by atoms with Gasteiger partial charge in [-0.15, -0.1) is 0 Å². The first-order valence-electron chi connectivity index (χ1n) is 13.8. The summed E-state index contributed by atoms with van der Waals surface area (Å²) >= 11 is 13.0. The molecule has 1 aromatic heterocycles. The molecule has 2 bridgehead atoms. The number of thiol groups is 1. The molecule has 2 saturated carbocycles. The van der Waals surface area contributed by atoms with Crippen molar-refractivity contribution >= 4 is 45.5 Å². The highest BCUT2D eigenvalue weighted by Crippen LogP contribution is 2.47. The Morgan fingerprint density at radius 3 is 2.59 bits per heavy atom. The lowest BCUT2D eigenvalue weighted by molar-refractivity contribution is 0.0122. The molecule has 0 radical (unpaired) electrons. The smallest absolute Gasteiger partial charge is 0.255 e. The number of piperidine rings is 1. The molecule has 12 heteroatoms. The highest BCUT2D eigenvalue weighted by atomic mass is 35.5. The van der Waals surface area contributed by atoms with Crippen LogP contribution in [0.25, 0.3) is 11.3 Å². The number of nitrogens with one attached hydrogen (secondary N) is 1. The summed E-state index contributed by atoms with van der Waals surface area (Å²) in [5, 5.41) is 6.70. The van der Waals surface area contributed by atoms with E-state index in [9.17, 15) is 17.6 Å². The second-order valence-electron chi connectivity index (χ2n) is 11.0. The number of carbonyl (C=O) groups excluding carboxylic acids is 1. The highest BCUT2D eigenvalue weighted by Gasteiger charge is 2.46. The maximum absolute atomic E-state index is 15.0. The lowest BCUT2D eigenvalue weighted by Gasteiger charge is -2.33. The molecular weight excluding hydrogens is 592 g/mol. The van der Waals surface area contributed by atoms with E-state index in [1.807, 2.05) is 0 Å². The second-order valence-corrected chi connectivity index (χ2v) is 13.0. The van der Waals surface area contributed by atoms with Crippen molar-refractivity contribution in [2.24, 2.45) is 5.92 Å². The van der Waals surface area contributed by atoms with Gasteiger partial charge in [-0.25, -0.2) is 12.8 Å². The fourth-order valence-electron chi connectivity index (χ4n) is 6.07. The topological polar surface area (TPSA) is 102 Å². The first-order valence-corrected chi connectivity index (χ1v) is 15.8. The van der Waals surface area contributed by atoms with E-state index in [4.69, 9.17) is 32.5 Å². The predicted octanol–water partition coefficient (Wildman–Crippen LogP) is 5.93. The summed E-state index contributed by atoms with van der Waals surface area (Å²) in [5.41, 5.74) is 2.68. The molecular formula is C29H30Cl2FN3O5S. The Hall–Kier alpha value is -2.66. The van der Waals surface area contributed by atoms with Gasteiger partial charge in [-0.1, -0.05) is 41.3 Å². The van der Waals surface area contributed by atoms with Crippen molar-refractivity contribution in [1.29, 1.82) is 0 Å². The number of benzene rings is 2. The fraction of sp³-hybridized carbons (Fsp3) is 0.448. The van der Waals surface area contributed by atoms with Gasteiger partial charge < -0.3 is 19.5 Å². The molecule has 8 nitrogen and oxygen atoms in total. The molecule has 1 aliphatic heterocycles. The van der Waals surface area contributed by atoms with Crippen LogP contribution in [0.2, 0.25) is 10.0 Å². The van der Waals surface area contributed by atoms with Crippen molar-refractivity contribution in [3.8, 4) is 11.3 Å². The summed E-state index contributed by atoms with van der Waals surface area (Å²) < 4.78 is 49.7. The van der Waals surface area contributed by atoms with E-state index in [-0.39, 0.29) is 30.0 Å². The Labute approximate surface area is 249 Å². The van der Waals surface area contributed by atoms with Gasteiger partial charge in [0.05, 0.1) is 28.3 Å². The molecule has 3 aliphatic rings. The van der Waals surface area contributed by atoms with Crippen LogP contribution in [0.15, 0.2) is 40.9 Å². The van der Waals surface area contributed by atoms with Crippen LogP contribution >= 0.6 is 23.2 Å². The zero-order valence-corrected chi connectivity index (χ0v) is 24.7. The number of halogens is 3. The van der Waals surface area contributed by atoms with Crippen LogP contribution in [0.3, 0.4) is 0 Å². The molecule has 218 valence electrons.